The van der Waals surface area contributed by atoms with Crippen LogP contribution in [0.15, 0.2) is 24.3 Å². The Morgan fingerprint density at radius 1 is 1.35 bits per heavy atom. The van der Waals surface area contributed by atoms with Gasteiger partial charge in [-0.1, -0.05) is 29.8 Å². The van der Waals surface area contributed by atoms with E-state index in [9.17, 15) is 9.59 Å². The van der Waals surface area contributed by atoms with Crippen LogP contribution in [-0.2, 0) is 16.1 Å². The van der Waals surface area contributed by atoms with Gasteiger partial charge in [0.15, 0.2) is 0 Å². The normalized spacial score (nSPS) is 11.9. The van der Waals surface area contributed by atoms with E-state index < -0.39 is 12.0 Å². The second-order valence-corrected chi connectivity index (χ2v) is 5.65. The fraction of sp³-hybridized carbons (Fsp3) is 0.429. The summed E-state index contributed by atoms with van der Waals surface area (Å²) in [6.07, 6.45) is 0.366. The number of benzene rings is 1. The van der Waals surface area contributed by atoms with Crippen molar-refractivity contribution in [2.24, 2.45) is 5.73 Å². The van der Waals surface area contributed by atoms with Crippen LogP contribution in [0.5, 0.6) is 0 Å². The first-order valence-electron chi connectivity index (χ1n) is 6.37. The van der Waals surface area contributed by atoms with E-state index in [1.807, 2.05) is 31.2 Å². The molecule has 0 radical (unpaired) electrons. The molecule has 0 aromatic heterocycles. The molecule has 1 unspecified atom stereocenters. The van der Waals surface area contributed by atoms with Crippen LogP contribution in [-0.4, -0.2) is 34.5 Å². The lowest BCUT2D eigenvalue weighted by Gasteiger charge is -2.07. The number of amides is 1. The third-order valence-electron chi connectivity index (χ3n) is 2.73. The Hall–Kier alpha value is -1.53. The van der Waals surface area contributed by atoms with Crippen molar-refractivity contribution in [3.8, 4) is 0 Å². The number of aliphatic carboxylic acids is 1. The number of hydrogen-bond acceptors (Lipinski definition) is 4. The van der Waals surface area contributed by atoms with E-state index >= 15 is 0 Å². The molecule has 1 aromatic carbocycles. The van der Waals surface area contributed by atoms with Crippen LogP contribution in [0.2, 0.25) is 0 Å². The van der Waals surface area contributed by atoms with Crippen molar-refractivity contribution in [2.45, 2.75) is 25.9 Å². The van der Waals surface area contributed by atoms with E-state index in [1.54, 1.807) is 0 Å². The SMILES string of the molecule is Cc1ccc(CNC(=O)CSCCC(N)C(=O)O)cc1. The van der Waals surface area contributed by atoms with E-state index in [0.717, 1.165) is 5.56 Å². The largest absolute Gasteiger partial charge is 0.480 e. The Morgan fingerprint density at radius 3 is 2.60 bits per heavy atom. The average molecular weight is 296 g/mol. The van der Waals surface area contributed by atoms with Gasteiger partial charge in [0.05, 0.1) is 5.75 Å². The highest BCUT2D eigenvalue weighted by molar-refractivity contribution is 7.99. The van der Waals surface area contributed by atoms with E-state index in [-0.39, 0.29) is 5.91 Å². The quantitative estimate of drug-likeness (QED) is 0.626. The molecule has 0 spiro atoms. The molecule has 4 N–H and O–H groups in total. The first kappa shape index (κ1) is 16.5. The smallest absolute Gasteiger partial charge is 0.320 e. The predicted molar refractivity (Wildman–Crippen MR) is 80.6 cm³/mol. The second kappa shape index (κ2) is 8.60. The minimum atomic E-state index is -1.01. The summed E-state index contributed by atoms with van der Waals surface area (Å²) >= 11 is 1.39. The Balaban J connectivity index is 2.14. The van der Waals surface area contributed by atoms with Crippen molar-refractivity contribution in [3.63, 3.8) is 0 Å². The molecule has 6 heteroatoms. The number of carbonyl (C=O) groups is 2. The summed E-state index contributed by atoms with van der Waals surface area (Å²) in [4.78, 5) is 22.1. The van der Waals surface area contributed by atoms with Crippen LogP contribution in [0.4, 0.5) is 0 Å². The van der Waals surface area contributed by atoms with Crippen LogP contribution in [0.25, 0.3) is 0 Å². The van der Waals surface area contributed by atoms with Gasteiger partial charge >= 0.3 is 5.97 Å². The van der Waals surface area contributed by atoms with Crippen molar-refractivity contribution in [1.82, 2.24) is 5.32 Å². The lowest BCUT2D eigenvalue weighted by molar-refractivity contribution is -0.138. The monoisotopic (exact) mass is 296 g/mol. The van der Waals surface area contributed by atoms with Gasteiger partial charge in [0.1, 0.15) is 6.04 Å². The zero-order chi connectivity index (χ0) is 15.0. The standard InChI is InChI=1S/C14H20N2O3S/c1-10-2-4-11(5-3-10)8-16-13(17)9-20-7-6-12(15)14(18)19/h2-5,12H,6-9,15H2,1H3,(H,16,17)(H,18,19). The molecule has 5 nitrogen and oxygen atoms in total. The first-order valence-corrected chi connectivity index (χ1v) is 7.53. The molecule has 0 fully saturated rings. The Morgan fingerprint density at radius 2 is 2.00 bits per heavy atom. The summed E-state index contributed by atoms with van der Waals surface area (Å²) in [5, 5.41) is 11.4. The maximum Gasteiger partial charge on any atom is 0.320 e. The summed E-state index contributed by atoms with van der Waals surface area (Å²) in [7, 11) is 0. The molecule has 1 rings (SSSR count). The van der Waals surface area contributed by atoms with Gasteiger partial charge in [-0.25, -0.2) is 0 Å². The van der Waals surface area contributed by atoms with Crippen LogP contribution in [0, 0.1) is 6.92 Å². The van der Waals surface area contributed by atoms with E-state index in [1.165, 1.54) is 17.3 Å². The molecular weight excluding hydrogens is 276 g/mol. The van der Waals surface area contributed by atoms with Crippen LogP contribution in [0.1, 0.15) is 17.5 Å². The Labute approximate surface area is 122 Å². The van der Waals surface area contributed by atoms with Crippen LogP contribution in [0.3, 0.4) is 0 Å². The molecule has 1 amide bonds. The lowest BCUT2D eigenvalue weighted by atomic mass is 10.1. The maximum absolute atomic E-state index is 11.6. The Kier molecular flexibility index (Phi) is 7.11. The molecule has 0 aliphatic heterocycles. The van der Waals surface area contributed by atoms with Gasteiger partial charge in [0.25, 0.3) is 0 Å². The fourth-order valence-electron chi connectivity index (χ4n) is 1.46. The molecule has 0 bridgehead atoms. The Bertz CT molecular complexity index is 448. The predicted octanol–water partition coefficient (Wildman–Crippen LogP) is 1.15. The topological polar surface area (TPSA) is 92.4 Å². The third-order valence-corrected chi connectivity index (χ3v) is 3.72. The van der Waals surface area contributed by atoms with Crippen molar-refractivity contribution >= 4 is 23.6 Å². The first-order chi connectivity index (χ1) is 9.49. The van der Waals surface area contributed by atoms with E-state index in [2.05, 4.69) is 5.32 Å². The van der Waals surface area contributed by atoms with Crippen LogP contribution >= 0.6 is 11.8 Å². The highest BCUT2D eigenvalue weighted by Gasteiger charge is 2.11. The van der Waals surface area contributed by atoms with Gasteiger partial charge in [-0.2, -0.15) is 11.8 Å². The maximum atomic E-state index is 11.6. The minimum absolute atomic E-state index is 0.0560. The van der Waals surface area contributed by atoms with Crippen molar-refractivity contribution in [2.75, 3.05) is 11.5 Å². The molecule has 110 valence electrons. The molecule has 20 heavy (non-hydrogen) atoms. The summed E-state index contributed by atoms with van der Waals surface area (Å²) in [6.45, 7) is 2.52. The highest BCUT2D eigenvalue weighted by Crippen LogP contribution is 2.05. The van der Waals surface area contributed by atoms with E-state index in [4.69, 9.17) is 10.8 Å². The van der Waals surface area contributed by atoms with Gasteiger partial charge in [0, 0.05) is 6.54 Å². The van der Waals surface area contributed by atoms with Gasteiger partial charge in [0.2, 0.25) is 5.91 Å². The molecule has 1 atom stereocenters. The summed E-state index contributed by atoms with van der Waals surface area (Å²) in [6, 6.07) is 7.12. The number of hydrogen-bond donors (Lipinski definition) is 3. The molecule has 1 aromatic rings. The fourth-order valence-corrected chi connectivity index (χ4v) is 2.31. The number of carbonyl (C=O) groups excluding carboxylic acids is 1. The molecule has 0 aliphatic carbocycles. The highest BCUT2D eigenvalue weighted by atomic mass is 32.2. The third kappa shape index (κ3) is 6.58. The lowest BCUT2D eigenvalue weighted by Crippen LogP contribution is -2.31. The van der Waals surface area contributed by atoms with Crippen LogP contribution < -0.4 is 11.1 Å². The van der Waals surface area contributed by atoms with Crippen molar-refractivity contribution in [3.05, 3.63) is 35.4 Å². The number of nitrogens with one attached hydrogen (secondary N) is 1. The second-order valence-electron chi connectivity index (χ2n) is 4.55. The number of aryl methyl sites for hydroxylation is 1. The van der Waals surface area contributed by atoms with E-state index in [0.29, 0.717) is 24.5 Å². The molecule has 0 heterocycles. The van der Waals surface area contributed by atoms with Gasteiger partial charge in [-0.3, -0.25) is 9.59 Å². The summed E-state index contributed by atoms with van der Waals surface area (Å²) in [5.74, 6) is -0.183. The van der Waals surface area contributed by atoms with Gasteiger partial charge < -0.3 is 16.2 Å². The molecule has 0 saturated carbocycles. The number of carboxylic acid groups (broad SMARTS) is 1. The number of carboxylic acids is 1. The molecule has 0 saturated heterocycles. The molecular formula is C14H20N2O3S. The minimum Gasteiger partial charge on any atom is -0.480 e. The number of nitrogens with two attached hydrogens (primary N) is 1. The van der Waals surface area contributed by atoms with Gasteiger partial charge in [-0.15, -0.1) is 0 Å². The van der Waals surface area contributed by atoms with Crippen molar-refractivity contribution < 1.29 is 14.7 Å². The summed E-state index contributed by atoms with van der Waals surface area (Å²) in [5.41, 5.74) is 7.61. The number of rotatable bonds is 8. The zero-order valence-electron chi connectivity index (χ0n) is 11.5. The average Bonchev–Trinajstić information content (AvgIpc) is 2.42. The zero-order valence-corrected chi connectivity index (χ0v) is 12.3. The summed E-state index contributed by atoms with van der Waals surface area (Å²) < 4.78 is 0. The van der Waals surface area contributed by atoms with Crippen molar-refractivity contribution in [1.29, 1.82) is 0 Å². The van der Waals surface area contributed by atoms with Gasteiger partial charge in [-0.05, 0) is 24.7 Å². The number of thioether (sulfide) groups is 1. The molecule has 0 aliphatic rings.